The molecule has 3 N–H and O–H groups in total. The Morgan fingerprint density at radius 3 is 2.32 bits per heavy atom. The van der Waals surface area contributed by atoms with E-state index >= 15 is 0 Å². The molecule has 1 heterocycles. The molecule has 0 atom stereocenters. The van der Waals surface area contributed by atoms with Gasteiger partial charge < -0.3 is 10.1 Å². The molecule has 0 fully saturated rings. The Morgan fingerprint density at radius 2 is 1.65 bits per heavy atom. The van der Waals surface area contributed by atoms with E-state index in [2.05, 4.69) is 21.2 Å². The molecular weight excluding hydrogens is 429 g/mol. The lowest BCUT2D eigenvalue weighted by atomic mass is 10.2. The van der Waals surface area contributed by atoms with Gasteiger partial charge in [-0.1, -0.05) is 12.1 Å². The zero-order chi connectivity index (χ0) is 22.3. The Morgan fingerprint density at radius 1 is 0.968 bits per heavy atom. The summed E-state index contributed by atoms with van der Waals surface area (Å²) in [5.74, 6) is -0.123. The lowest BCUT2D eigenvalue weighted by Gasteiger charge is -2.14. The predicted octanol–water partition coefficient (Wildman–Crippen LogP) is 4.31. The molecule has 3 aromatic rings. The zero-order valence-electron chi connectivity index (χ0n) is 15.9. The van der Waals surface area contributed by atoms with Crippen LogP contribution in [0.4, 0.5) is 18.9 Å². The van der Waals surface area contributed by atoms with Crippen molar-refractivity contribution >= 4 is 28.9 Å². The molecule has 3 rings (SSSR count). The van der Waals surface area contributed by atoms with Crippen LogP contribution in [-0.2, 0) is 12.8 Å². The molecule has 0 spiro atoms. The normalized spacial score (nSPS) is 10.8. The number of para-hydroxylation sites is 1. The van der Waals surface area contributed by atoms with Crippen LogP contribution >= 0.6 is 12.2 Å². The van der Waals surface area contributed by atoms with Crippen molar-refractivity contribution in [2.24, 2.45) is 0 Å². The number of hydrazine groups is 1. The number of benzene rings is 2. The van der Waals surface area contributed by atoms with Gasteiger partial charge in [0.25, 0.3) is 5.91 Å². The van der Waals surface area contributed by atoms with Gasteiger partial charge in [-0.3, -0.25) is 20.6 Å². The Hall–Kier alpha value is -3.66. The quantitative estimate of drug-likeness (QED) is 0.401. The first kappa shape index (κ1) is 22.0. The molecule has 1 aromatic heterocycles. The highest BCUT2D eigenvalue weighted by atomic mass is 32.1. The average molecular weight is 446 g/mol. The number of aromatic nitrogens is 1. The fraction of sp³-hybridized carbons (Fsp3) is 0.0952. The van der Waals surface area contributed by atoms with Crippen LogP contribution in [0.2, 0.25) is 0 Å². The number of thiocarbonyl (C=S) groups is 1. The van der Waals surface area contributed by atoms with Gasteiger partial charge in [0, 0.05) is 18.1 Å². The molecule has 160 valence electrons. The number of ether oxygens (including phenoxy) is 1. The van der Waals surface area contributed by atoms with E-state index < -0.39 is 17.6 Å². The van der Waals surface area contributed by atoms with Gasteiger partial charge in [-0.15, -0.1) is 0 Å². The third-order valence-electron chi connectivity index (χ3n) is 4.04. The molecule has 0 saturated carbocycles. The topological polar surface area (TPSA) is 75.3 Å². The maximum atomic E-state index is 12.6. The van der Waals surface area contributed by atoms with E-state index in [4.69, 9.17) is 17.0 Å². The molecule has 0 bridgehead atoms. The van der Waals surface area contributed by atoms with Gasteiger partial charge >= 0.3 is 6.18 Å². The van der Waals surface area contributed by atoms with Crippen LogP contribution in [0.1, 0.15) is 21.5 Å². The average Bonchev–Trinajstić information content (AvgIpc) is 2.77. The Labute approximate surface area is 181 Å². The van der Waals surface area contributed by atoms with E-state index in [1.165, 1.54) is 12.1 Å². The van der Waals surface area contributed by atoms with Gasteiger partial charge in [0.2, 0.25) is 0 Å². The van der Waals surface area contributed by atoms with Crippen LogP contribution in [0, 0.1) is 0 Å². The second-order valence-corrected chi connectivity index (χ2v) is 6.66. The van der Waals surface area contributed by atoms with Crippen molar-refractivity contribution in [3.8, 4) is 5.75 Å². The molecule has 31 heavy (non-hydrogen) atoms. The first-order valence-electron chi connectivity index (χ1n) is 8.98. The summed E-state index contributed by atoms with van der Waals surface area (Å²) in [5, 5.41) is 2.69. The van der Waals surface area contributed by atoms with Crippen molar-refractivity contribution in [2.45, 2.75) is 12.8 Å². The first-order valence-corrected chi connectivity index (χ1v) is 9.39. The number of nitrogens with one attached hydrogen (secondary N) is 3. The number of halogens is 3. The minimum Gasteiger partial charge on any atom is -0.488 e. The van der Waals surface area contributed by atoms with Crippen LogP contribution in [0.5, 0.6) is 5.75 Å². The third-order valence-corrected chi connectivity index (χ3v) is 4.24. The summed E-state index contributed by atoms with van der Waals surface area (Å²) in [5.41, 5.74) is 5.68. The van der Waals surface area contributed by atoms with E-state index in [-0.39, 0.29) is 17.3 Å². The standard InChI is InChI=1S/C21H17F3N4O2S/c22-21(23,24)15-5-7-16(8-6-15)26-20(31)28-27-19(29)17-3-1-2-4-18(17)30-13-14-9-11-25-12-10-14/h1-12H,13H2,(H,27,29)(H2,26,28,31). The number of hydrogen-bond acceptors (Lipinski definition) is 4. The smallest absolute Gasteiger partial charge is 0.416 e. The molecule has 10 heteroatoms. The molecule has 0 aliphatic carbocycles. The van der Waals surface area contributed by atoms with Crippen LogP contribution in [0.25, 0.3) is 0 Å². The van der Waals surface area contributed by atoms with Crippen LogP contribution in [0.15, 0.2) is 73.1 Å². The van der Waals surface area contributed by atoms with Crippen molar-refractivity contribution < 1.29 is 22.7 Å². The molecule has 0 unspecified atom stereocenters. The van der Waals surface area contributed by atoms with Crippen LogP contribution in [-0.4, -0.2) is 16.0 Å². The molecule has 6 nitrogen and oxygen atoms in total. The highest BCUT2D eigenvalue weighted by Crippen LogP contribution is 2.29. The minimum atomic E-state index is -4.42. The second-order valence-electron chi connectivity index (χ2n) is 6.25. The third kappa shape index (κ3) is 6.41. The highest BCUT2D eigenvalue weighted by Gasteiger charge is 2.29. The second kappa shape index (κ2) is 9.90. The number of hydrogen-bond donors (Lipinski definition) is 3. The number of alkyl halides is 3. The predicted molar refractivity (Wildman–Crippen MR) is 113 cm³/mol. The summed E-state index contributed by atoms with van der Waals surface area (Å²) in [6.45, 7) is 0.258. The molecule has 0 aliphatic rings. The van der Waals surface area contributed by atoms with Crippen LogP contribution in [0.3, 0.4) is 0 Å². The largest absolute Gasteiger partial charge is 0.488 e. The fourth-order valence-electron chi connectivity index (χ4n) is 2.51. The van der Waals surface area contributed by atoms with E-state index in [0.29, 0.717) is 11.4 Å². The minimum absolute atomic E-state index is 0.00305. The summed E-state index contributed by atoms with van der Waals surface area (Å²) in [6, 6.07) is 14.6. The fourth-order valence-corrected chi connectivity index (χ4v) is 2.67. The maximum absolute atomic E-state index is 12.6. The van der Waals surface area contributed by atoms with Crippen LogP contribution < -0.4 is 20.9 Å². The summed E-state index contributed by atoms with van der Waals surface area (Å²) in [6.07, 6.45) is -1.13. The summed E-state index contributed by atoms with van der Waals surface area (Å²) in [4.78, 5) is 16.4. The van der Waals surface area contributed by atoms with Gasteiger partial charge in [-0.25, -0.2) is 0 Å². The van der Waals surface area contributed by atoms with Crippen molar-refractivity contribution in [3.05, 3.63) is 89.7 Å². The van der Waals surface area contributed by atoms with Crippen molar-refractivity contribution in [2.75, 3.05) is 5.32 Å². The molecule has 2 aromatic carbocycles. The van der Waals surface area contributed by atoms with E-state index in [9.17, 15) is 18.0 Å². The van der Waals surface area contributed by atoms with Crippen molar-refractivity contribution in [1.82, 2.24) is 15.8 Å². The summed E-state index contributed by atoms with van der Waals surface area (Å²) < 4.78 is 43.6. The van der Waals surface area contributed by atoms with Crippen molar-refractivity contribution in [3.63, 3.8) is 0 Å². The molecule has 0 saturated heterocycles. The van der Waals surface area contributed by atoms with Gasteiger partial charge in [-0.2, -0.15) is 13.2 Å². The van der Waals surface area contributed by atoms with E-state index in [0.717, 1.165) is 17.7 Å². The number of pyridine rings is 1. The number of carbonyl (C=O) groups is 1. The Bertz CT molecular complexity index is 1040. The Balaban J connectivity index is 1.55. The zero-order valence-corrected chi connectivity index (χ0v) is 16.8. The lowest BCUT2D eigenvalue weighted by Crippen LogP contribution is -2.43. The van der Waals surface area contributed by atoms with E-state index in [1.54, 1.807) is 48.8 Å². The lowest BCUT2D eigenvalue weighted by molar-refractivity contribution is -0.137. The summed E-state index contributed by atoms with van der Waals surface area (Å²) in [7, 11) is 0. The van der Waals surface area contributed by atoms with Crippen molar-refractivity contribution in [1.29, 1.82) is 0 Å². The Kier molecular flexibility index (Phi) is 7.03. The molecular formula is C21H17F3N4O2S. The van der Waals surface area contributed by atoms with Gasteiger partial charge in [-0.05, 0) is 66.3 Å². The van der Waals surface area contributed by atoms with Gasteiger partial charge in [0.05, 0.1) is 11.1 Å². The molecule has 0 aliphatic heterocycles. The maximum Gasteiger partial charge on any atom is 0.416 e. The van der Waals surface area contributed by atoms with E-state index in [1.807, 2.05) is 0 Å². The number of anilines is 1. The SMILES string of the molecule is O=C(NNC(=S)Nc1ccc(C(F)(F)F)cc1)c1ccccc1OCc1ccncc1. The number of nitrogens with zero attached hydrogens (tertiary/aromatic N) is 1. The molecule has 0 radical (unpaired) electrons. The summed E-state index contributed by atoms with van der Waals surface area (Å²) >= 11 is 5.06. The van der Waals surface area contributed by atoms with Gasteiger partial charge in [0.15, 0.2) is 5.11 Å². The number of amides is 1. The number of carbonyl (C=O) groups excluding carboxylic acids is 1. The molecule has 1 amide bonds. The first-order chi connectivity index (χ1) is 14.8. The number of rotatable bonds is 5. The monoisotopic (exact) mass is 446 g/mol. The highest BCUT2D eigenvalue weighted by molar-refractivity contribution is 7.80. The van der Waals surface area contributed by atoms with Gasteiger partial charge in [0.1, 0.15) is 12.4 Å².